The highest BCUT2D eigenvalue weighted by Crippen LogP contribution is 2.22. The van der Waals surface area contributed by atoms with Gasteiger partial charge in [0.25, 0.3) is 0 Å². The van der Waals surface area contributed by atoms with Gasteiger partial charge in [0.1, 0.15) is 0 Å². The van der Waals surface area contributed by atoms with Gasteiger partial charge in [-0.15, -0.1) is 6.58 Å². The van der Waals surface area contributed by atoms with E-state index in [-0.39, 0.29) is 6.04 Å². The number of allylic oxidation sites excluding steroid dienone is 1. The van der Waals surface area contributed by atoms with E-state index >= 15 is 0 Å². The van der Waals surface area contributed by atoms with Crippen LogP contribution in [0.15, 0.2) is 24.8 Å². The quantitative estimate of drug-likeness (QED) is 0.593. The van der Waals surface area contributed by atoms with Crippen molar-refractivity contribution in [3.8, 4) is 0 Å². The topological polar surface area (TPSA) is 12.0 Å². The molecule has 0 saturated carbocycles. The summed E-state index contributed by atoms with van der Waals surface area (Å²) in [7, 11) is 0. The molecule has 0 saturated heterocycles. The molecule has 17 heavy (non-hydrogen) atoms. The van der Waals surface area contributed by atoms with Crippen LogP contribution in [-0.4, -0.2) is 6.54 Å². The molecule has 0 radical (unpaired) electrons. The largest absolute Gasteiger partial charge is 0.310 e. The zero-order chi connectivity index (χ0) is 12.8. The fraction of sp³-hybridized carbons (Fsp3) is 0.385. The summed E-state index contributed by atoms with van der Waals surface area (Å²) in [5, 5.41) is 3.10. The second kappa shape index (κ2) is 6.45. The van der Waals surface area contributed by atoms with Crippen LogP contribution < -0.4 is 5.32 Å². The minimum absolute atomic E-state index is 0.192. The Kier molecular flexibility index (Phi) is 5.22. The molecule has 4 heteroatoms. The zero-order valence-electron chi connectivity index (χ0n) is 9.77. The number of nitrogens with one attached hydrogen (secondary N) is 1. The second-order valence-electron chi connectivity index (χ2n) is 3.77. The number of benzene rings is 1. The van der Waals surface area contributed by atoms with E-state index in [0.717, 1.165) is 18.6 Å². The van der Waals surface area contributed by atoms with Gasteiger partial charge in [-0.25, -0.2) is 13.2 Å². The number of hydrogen-bond donors (Lipinski definition) is 1. The van der Waals surface area contributed by atoms with Crippen molar-refractivity contribution in [1.82, 2.24) is 5.32 Å². The van der Waals surface area contributed by atoms with Crippen molar-refractivity contribution in [2.45, 2.75) is 25.8 Å². The summed E-state index contributed by atoms with van der Waals surface area (Å²) >= 11 is 0. The molecule has 0 spiro atoms. The molecule has 0 bridgehead atoms. The second-order valence-corrected chi connectivity index (χ2v) is 3.77. The van der Waals surface area contributed by atoms with Crippen LogP contribution in [0, 0.1) is 17.5 Å². The fourth-order valence-electron chi connectivity index (χ4n) is 1.69. The number of rotatable bonds is 6. The minimum atomic E-state index is -1.42. The lowest BCUT2D eigenvalue weighted by molar-refractivity contribution is 0.437. The van der Waals surface area contributed by atoms with E-state index in [2.05, 4.69) is 11.9 Å². The Labute approximate surface area is 99.3 Å². The predicted molar refractivity (Wildman–Crippen MR) is 62.2 cm³/mol. The first-order valence-corrected chi connectivity index (χ1v) is 5.58. The molecular weight excluding hydrogens is 227 g/mol. The zero-order valence-corrected chi connectivity index (χ0v) is 9.77. The highest BCUT2D eigenvalue weighted by atomic mass is 19.2. The summed E-state index contributed by atoms with van der Waals surface area (Å²) in [6.07, 6.45) is 3.13. The lowest BCUT2D eigenvalue weighted by Gasteiger charge is -2.18. The summed E-state index contributed by atoms with van der Waals surface area (Å²) in [5.74, 6) is -3.73. The van der Waals surface area contributed by atoms with E-state index in [9.17, 15) is 13.2 Å². The SMILES string of the molecule is C=CCCC(NCC)c1cc(F)c(F)c(F)c1. The average molecular weight is 243 g/mol. The molecule has 0 fully saturated rings. The molecule has 94 valence electrons. The molecule has 1 rings (SSSR count). The highest BCUT2D eigenvalue weighted by Gasteiger charge is 2.16. The molecule has 1 unspecified atom stereocenters. The number of hydrogen-bond acceptors (Lipinski definition) is 1. The van der Waals surface area contributed by atoms with Gasteiger partial charge in [0, 0.05) is 6.04 Å². The van der Waals surface area contributed by atoms with Crippen LogP contribution in [0.2, 0.25) is 0 Å². The van der Waals surface area contributed by atoms with Crippen LogP contribution in [0.25, 0.3) is 0 Å². The third-order valence-electron chi connectivity index (χ3n) is 2.52. The molecular formula is C13H16F3N. The van der Waals surface area contributed by atoms with Crippen LogP contribution in [-0.2, 0) is 0 Å². The van der Waals surface area contributed by atoms with Crippen LogP contribution >= 0.6 is 0 Å². The van der Waals surface area contributed by atoms with Gasteiger partial charge in [-0.05, 0) is 37.1 Å². The molecule has 1 aromatic carbocycles. The van der Waals surface area contributed by atoms with Gasteiger partial charge in [0.15, 0.2) is 17.5 Å². The maximum absolute atomic E-state index is 13.1. The Morgan fingerprint density at radius 1 is 1.29 bits per heavy atom. The molecule has 0 heterocycles. The van der Waals surface area contributed by atoms with Gasteiger partial charge in [-0.1, -0.05) is 13.0 Å². The molecule has 0 amide bonds. The fourth-order valence-corrected chi connectivity index (χ4v) is 1.69. The molecule has 1 nitrogen and oxygen atoms in total. The van der Waals surface area contributed by atoms with Gasteiger partial charge >= 0.3 is 0 Å². The van der Waals surface area contributed by atoms with Crippen molar-refractivity contribution in [3.63, 3.8) is 0 Å². The van der Waals surface area contributed by atoms with Crippen molar-refractivity contribution < 1.29 is 13.2 Å². The van der Waals surface area contributed by atoms with Crippen LogP contribution in [0.5, 0.6) is 0 Å². The summed E-state index contributed by atoms with van der Waals surface area (Å²) < 4.78 is 39.0. The van der Waals surface area contributed by atoms with Crippen molar-refractivity contribution in [1.29, 1.82) is 0 Å². The molecule has 1 aromatic rings. The Morgan fingerprint density at radius 3 is 2.35 bits per heavy atom. The van der Waals surface area contributed by atoms with E-state index in [1.54, 1.807) is 6.08 Å². The van der Waals surface area contributed by atoms with Crippen molar-refractivity contribution in [2.24, 2.45) is 0 Å². The van der Waals surface area contributed by atoms with E-state index in [1.807, 2.05) is 6.92 Å². The Balaban J connectivity index is 2.96. The third-order valence-corrected chi connectivity index (χ3v) is 2.52. The normalized spacial score (nSPS) is 12.5. The first kappa shape index (κ1) is 13.8. The van der Waals surface area contributed by atoms with Crippen molar-refractivity contribution >= 4 is 0 Å². The van der Waals surface area contributed by atoms with Crippen molar-refractivity contribution in [2.75, 3.05) is 6.54 Å². The van der Waals surface area contributed by atoms with Gasteiger partial charge < -0.3 is 5.32 Å². The van der Waals surface area contributed by atoms with E-state index in [0.29, 0.717) is 18.5 Å². The minimum Gasteiger partial charge on any atom is -0.310 e. The smallest absolute Gasteiger partial charge is 0.194 e. The third kappa shape index (κ3) is 3.60. The summed E-state index contributed by atoms with van der Waals surface area (Å²) in [6, 6.07) is 1.88. The van der Waals surface area contributed by atoms with E-state index < -0.39 is 17.5 Å². The van der Waals surface area contributed by atoms with Gasteiger partial charge in [-0.3, -0.25) is 0 Å². The first-order valence-electron chi connectivity index (χ1n) is 5.58. The lowest BCUT2D eigenvalue weighted by Crippen LogP contribution is -2.21. The first-order chi connectivity index (χ1) is 8.10. The van der Waals surface area contributed by atoms with E-state index in [4.69, 9.17) is 0 Å². The highest BCUT2D eigenvalue weighted by molar-refractivity contribution is 5.22. The van der Waals surface area contributed by atoms with Gasteiger partial charge in [-0.2, -0.15) is 0 Å². The molecule has 0 aliphatic heterocycles. The summed E-state index contributed by atoms with van der Waals surface area (Å²) in [5.41, 5.74) is 0.421. The monoisotopic (exact) mass is 243 g/mol. The molecule has 1 N–H and O–H groups in total. The molecule has 0 aliphatic rings. The standard InChI is InChI=1S/C13H16F3N/c1-3-5-6-12(17-4-2)9-7-10(14)13(16)11(15)8-9/h3,7-8,12,17H,1,4-6H2,2H3. The van der Waals surface area contributed by atoms with Crippen molar-refractivity contribution in [3.05, 3.63) is 47.8 Å². The Hall–Kier alpha value is -1.29. The average Bonchev–Trinajstić information content (AvgIpc) is 2.31. The summed E-state index contributed by atoms with van der Waals surface area (Å²) in [4.78, 5) is 0. The number of halogens is 3. The maximum Gasteiger partial charge on any atom is 0.194 e. The van der Waals surface area contributed by atoms with Gasteiger partial charge in [0.2, 0.25) is 0 Å². The maximum atomic E-state index is 13.1. The van der Waals surface area contributed by atoms with Crippen LogP contribution in [0.1, 0.15) is 31.4 Å². The molecule has 0 aliphatic carbocycles. The molecule has 1 atom stereocenters. The Bertz CT molecular complexity index is 367. The van der Waals surface area contributed by atoms with E-state index in [1.165, 1.54) is 0 Å². The van der Waals surface area contributed by atoms with Gasteiger partial charge in [0.05, 0.1) is 0 Å². The summed E-state index contributed by atoms with van der Waals surface area (Å²) in [6.45, 7) is 6.17. The molecule has 0 aromatic heterocycles. The van der Waals surface area contributed by atoms with Crippen LogP contribution in [0.4, 0.5) is 13.2 Å². The Morgan fingerprint density at radius 2 is 1.88 bits per heavy atom. The lowest BCUT2D eigenvalue weighted by atomic mass is 10.0. The van der Waals surface area contributed by atoms with Crippen LogP contribution in [0.3, 0.4) is 0 Å². The predicted octanol–water partition coefficient (Wildman–Crippen LogP) is 3.72.